The number of hydrogen-bond acceptors (Lipinski definition) is 13. The molecule has 138 valence electrons. The number of methoxy groups -OCH3 is 1. The predicted octanol–water partition coefficient (Wildman–Crippen LogP) is -2.69. The molecular weight excluding hydrogens is 385 g/mol. The van der Waals surface area contributed by atoms with Crippen LogP contribution in [-0.4, -0.2) is 36.8 Å². The standard InChI is InChI=1S/C7H17O13P3/c1-5-3-6(8)7(16-2,18-5)4-17-22(12,13)20-23(14,15)19-21(9,10)11/h5-6,8H,3-4H2,1-2H3,(H,12,13)(H,14,15)(H2,9,10,11)/p-4/t5-,6+,7-/m0/s1. The lowest BCUT2D eigenvalue weighted by atomic mass is 10.1. The fourth-order valence-electron chi connectivity index (χ4n) is 1.79. The maximum absolute atomic E-state index is 11.4. The number of hydrogen-bond donors (Lipinski definition) is 1. The molecule has 1 heterocycles. The first kappa shape index (κ1) is 21.3. The molecule has 1 aliphatic rings. The fraction of sp³-hybridized carbons (Fsp3) is 1.00. The second-order valence-corrected chi connectivity index (χ2v) is 8.72. The van der Waals surface area contributed by atoms with Gasteiger partial charge in [-0.25, -0.2) is 4.31 Å². The summed E-state index contributed by atoms with van der Waals surface area (Å²) in [4.78, 5) is 42.7. The number of ether oxygens (including phenoxy) is 2. The molecule has 0 saturated carbocycles. The summed E-state index contributed by atoms with van der Waals surface area (Å²) < 4.78 is 53.1. The summed E-state index contributed by atoms with van der Waals surface area (Å²) in [5.41, 5.74) is 0. The maximum atomic E-state index is 11.4. The highest BCUT2D eigenvalue weighted by molar-refractivity contribution is 7.64. The minimum absolute atomic E-state index is 0.0833. The molecule has 1 fully saturated rings. The summed E-state index contributed by atoms with van der Waals surface area (Å²) in [5, 5.41) is 9.77. The maximum Gasteiger partial charge on any atom is 0.278 e. The summed E-state index contributed by atoms with van der Waals surface area (Å²) in [5.74, 6) is -1.90. The lowest BCUT2D eigenvalue weighted by molar-refractivity contribution is -0.339. The van der Waals surface area contributed by atoms with Crippen molar-refractivity contribution in [3.63, 3.8) is 0 Å². The number of phosphoric acid groups is 3. The van der Waals surface area contributed by atoms with Gasteiger partial charge in [0.25, 0.3) is 15.6 Å². The molecule has 23 heavy (non-hydrogen) atoms. The van der Waals surface area contributed by atoms with Crippen LogP contribution in [0.15, 0.2) is 0 Å². The van der Waals surface area contributed by atoms with E-state index >= 15 is 0 Å². The fourth-order valence-corrected chi connectivity index (χ4v) is 4.66. The largest absolute Gasteiger partial charge is 0.790 e. The van der Waals surface area contributed by atoms with E-state index in [4.69, 9.17) is 9.47 Å². The van der Waals surface area contributed by atoms with Gasteiger partial charge in [-0.15, -0.1) is 0 Å². The van der Waals surface area contributed by atoms with Gasteiger partial charge in [-0.2, -0.15) is 0 Å². The van der Waals surface area contributed by atoms with Crippen LogP contribution in [0, 0.1) is 0 Å². The molecule has 16 heteroatoms. The highest BCUT2D eigenvalue weighted by Gasteiger charge is 2.48. The molecule has 1 N–H and O–H groups in total. The van der Waals surface area contributed by atoms with E-state index in [1.807, 2.05) is 0 Å². The van der Waals surface area contributed by atoms with E-state index in [9.17, 15) is 38.4 Å². The lowest BCUT2D eigenvalue weighted by Gasteiger charge is -2.38. The number of aliphatic hydroxyl groups is 1. The number of phosphoric ester groups is 1. The van der Waals surface area contributed by atoms with Crippen LogP contribution < -0.4 is 19.6 Å². The third kappa shape index (κ3) is 6.60. The Hall–Kier alpha value is 0.290. The first-order chi connectivity index (χ1) is 10.2. The van der Waals surface area contributed by atoms with Crippen molar-refractivity contribution in [1.82, 2.24) is 0 Å². The van der Waals surface area contributed by atoms with Gasteiger partial charge in [0.1, 0.15) is 12.7 Å². The normalized spacial score (nSPS) is 34.0. The van der Waals surface area contributed by atoms with E-state index in [-0.39, 0.29) is 6.42 Å². The van der Waals surface area contributed by atoms with Crippen molar-refractivity contribution in [1.29, 1.82) is 0 Å². The molecule has 0 spiro atoms. The minimum atomic E-state index is -6.06. The van der Waals surface area contributed by atoms with Gasteiger partial charge in [-0.3, -0.25) is 13.4 Å². The molecule has 5 atom stereocenters. The Morgan fingerprint density at radius 3 is 2.13 bits per heavy atom. The van der Waals surface area contributed by atoms with Gasteiger partial charge in [0.05, 0.1) is 13.9 Å². The zero-order valence-electron chi connectivity index (χ0n) is 11.8. The van der Waals surface area contributed by atoms with Crippen LogP contribution >= 0.6 is 23.5 Å². The van der Waals surface area contributed by atoms with Crippen molar-refractivity contribution in [3.8, 4) is 0 Å². The van der Waals surface area contributed by atoms with Gasteiger partial charge in [-0.1, -0.05) is 0 Å². The van der Waals surface area contributed by atoms with Crippen molar-refractivity contribution >= 4 is 23.5 Å². The molecule has 2 unspecified atom stereocenters. The van der Waals surface area contributed by atoms with Gasteiger partial charge in [0.2, 0.25) is 5.79 Å². The van der Waals surface area contributed by atoms with Gasteiger partial charge < -0.3 is 43.2 Å². The molecule has 0 aromatic carbocycles. The minimum Gasteiger partial charge on any atom is -0.790 e. The van der Waals surface area contributed by atoms with Crippen LogP contribution in [0.2, 0.25) is 0 Å². The molecule has 0 bridgehead atoms. The van der Waals surface area contributed by atoms with E-state index in [1.54, 1.807) is 6.92 Å². The Kier molecular flexibility index (Phi) is 6.74. The van der Waals surface area contributed by atoms with E-state index < -0.39 is 48.1 Å². The van der Waals surface area contributed by atoms with Gasteiger partial charge in [0.15, 0.2) is 0 Å². The van der Waals surface area contributed by atoms with Gasteiger partial charge in [-0.05, 0) is 6.92 Å². The summed E-state index contributed by atoms with van der Waals surface area (Å²) in [6.07, 6.45) is -1.72. The zero-order chi connectivity index (χ0) is 18.1. The van der Waals surface area contributed by atoms with E-state index in [2.05, 4.69) is 13.1 Å². The average molecular weight is 398 g/mol. The van der Waals surface area contributed by atoms with Crippen molar-refractivity contribution in [2.45, 2.75) is 31.3 Å². The second kappa shape index (κ2) is 7.27. The van der Waals surface area contributed by atoms with E-state index in [1.165, 1.54) is 0 Å². The SMILES string of the molecule is CO[C@@]1(COP(=O)([O-])OP(=O)([O-])OP(=O)([O-])[O-])O[C@@H](C)C[C@H]1O. The molecule has 0 aliphatic carbocycles. The summed E-state index contributed by atoms with van der Waals surface area (Å²) in [7, 11) is -16.7. The first-order valence-corrected chi connectivity index (χ1v) is 10.2. The smallest absolute Gasteiger partial charge is 0.278 e. The van der Waals surface area contributed by atoms with Crippen LogP contribution in [0.1, 0.15) is 13.3 Å². The van der Waals surface area contributed by atoms with Crippen molar-refractivity contribution in [3.05, 3.63) is 0 Å². The third-order valence-corrected chi connectivity index (χ3v) is 6.28. The van der Waals surface area contributed by atoms with Crippen molar-refractivity contribution < 1.29 is 61.0 Å². The van der Waals surface area contributed by atoms with Crippen LogP contribution in [-0.2, 0) is 36.3 Å². The first-order valence-electron chi connectivity index (χ1n) is 5.83. The van der Waals surface area contributed by atoms with Crippen LogP contribution in [0.3, 0.4) is 0 Å². The Morgan fingerprint density at radius 2 is 1.74 bits per heavy atom. The second-order valence-electron chi connectivity index (χ2n) is 4.47. The summed E-state index contributed by atoms with van der Waals surface area (Å²) in [6.45, 7) is 0.555. The molecule has 1 aliphatic heterocycles. The zero-order valence-corrected chi connectivity index (χ0v) is 14.4. The average Bonchev–Trinajstić information content (AvgIpc) is 2.57. The summed E-state index contributed by atoms with van der Waals surface area (Å²) >= 11 is 0. The molecule has 0 radical (unpaired) electrons. The monoisotopic (exact) mass is 398 g/mol. The van der Waals surface area contributed by atoms with Crippen molar-refractivity contribution in [2.75, 3.05) is 13.7 Å². The topological polar surface area (TPSA) is 210 Å². The van der Waals surface area contributed by atoms with Crippen molar-refractivity contribution in [2.24, 2.45) is 0 Å². The number of rotatable bonds is 8. The molecule has 13 nitrogen and oxygen atoms in total. The van der Waals surface area contributed by atoms with Gasteiger partial charge >= 0.3 is 0 Å². The van der Waals surface area contributed by atoms with Crippen LogP contribution in [0.5, 0.6) is 0 Å². The predicted molar refractivity (Wildman–Crippen MR) is 61.9 cm³/mol. The van der Waals surface area contributed by atoms with Crippen LogP contribution in [0.25, 0.3) is 0 Å². The third-order valence-electron chi connectivity index (χ3n) is 2.63. The van der Waals surface area contributed by atoms with E-state index in [0.717, 1.165) is 7.11 Å². The Labute approximate surface area is 130 Å². The highest BCUT2D eigenvalue weighted by atomic mass is 31.3. The molecule has 1 rings (SSSR count). The molecule has 0 aromatic heterocycles. The molecule has 0 amide bonds. The highest BCUT2D eigenvalue weighted by Crippen LogP contribution is 2.60. The lowest BCUT2D eigenvalue weighted by Crippen LogP contribution is -2.46. The van der Waals surface area contributed by atoms with Crippen LogP contribution in [0.4, 0.5) is 0 Å². The van der Waals surface area contributed by atoms with Gasteiger partial charge in [0, 0.05) is 13.5 Å². The molecule has 1 saturated heterocycles. The Balaban J connectivity index is 2.74. The molecule has 0 aromatic rings. The van der Waals surface area contributed by atoms with E-state index in [0.29, 0.717) is 0 Å². The molecular formula is C7H13O13P3-4. The summed E-state index contributed by atoms with van der Waals surface area (Å²) in [6, 6.07) is 0. The Morgan fingerprint density at radius 1 is 1.17 bits per heavy atom. The Bertz CT molecular complexity index is 558. The number of aliphatic hydroxyl groups excluding tert-OH is 1. The quantitative estimate of drug-likeness (QED) is 0.413.